The van der Waals surface area contributed by atoms with Crippen LogP contribution in [0.3, 0.4) is 0 Å². The first kappa shape index (κ1) is 16.1. The minimum absolute atomic E-state index is 0.518. The van der Waals surface area contributed by atoms with Gasteiger partial charge in [-0.1, -0.05) is 60.7 Å². The molecule has 120 valence electrons. The Kier molecular flexibility index (Phi) is 4.52. The Labute approximate surface area is 141 Å². The molecule has 24 heavy (non-hydrogen) atoms. The van der Waals surface area contributed by atoms with Gasteiger partial charge in [0, 0.05) is 22.9 Å². The van der Waals surface area contributed by atoms with Crippen molar-refractivity contribution in [2.45, 2.75) is 19.5 Å². The Morgan fingerprint density at radius 3 is 1.92 bits per heavy atom. The van der Waals surface area contributed by atoms with Gasteiger partial charge < -0.3 is 0 Å². The molecule has 0 aliphatic carbocycles. The second kappa shape index (κ2) is 6.75. The van der Waals surface area contributed by atoms with Crippen molar-refractivity contribution in [2.75, 3.05) is 0 Å². The van der Waals surface area contributed by atoms with E-state index in [0.29, 0.717) is 11.3 Å². The number of hydrogen-bond acceptors (Lipinski definition) is 2. The quantitative estimate of drug-likeness (QED) is 0.587. The number of pyridine rings is 1. The number of benzene rings is 2. The van der Waals surface area contributed by atoms with E-state index in [-0.39, 0.29) is 0 Å². The summed E-state index contributed by atoms with van der Waals surface area (Å²) in [5.74, 6) is 0. The van der Waals surface area contributed by atoms with Crippen LogP contribution in [0.25, 0.3) is 0 Å². The topological polar surface area (TPSA) is 25.2 Å². The molecule has 1 aromatic heterocycles. The highest BCUT2D eigenvalue weighted by atomic mass is 19.1. The van der Waals surface area contributed by atoms with E-state index in [4.69, 9.17) is 4.99 Å². The zero-order valence-electron chi connectivity index (χ0n) is 13.8. The normalized spacial score (nSPS) is 11.1. The molecule has 0 spiro atoms. The summed E-state index contributed by atoms with van der Waals surface area (Å²) in [6, 6.07) is 21.7. The van der Waals surface area contributed by atoms with Crippen LogP contribution in [0.2, 0.25) is 0 Å². The van der Waals surface area contributed by atoms with Crippen molar-refractivity contribution >= 4 is 11.4 Å². The number of rotatable bonds is 4. The molecule has 0 saturated carbocycles. The fourth-order valence-electron chi connectivity index (χ4n) is 2.43. The van der Waals surface area contributed by atoms with Crippen molar-refractivity contribution < 1.29 is 4.39 Å². The van der Waals surface area contributed by atoms with Gasteiger partial charge in [-0.05, 0) is 19.9 Å². The standard InChI is InChI=1S/C21H19FN2/c1-21(2,22)18-13-19(15-23-14-18)24-20(16-9-5-3-6-10-16)17-11-7-4-8-12-17/h3-15H,1-2H3. The maximum absolute atomic E-state index is 14.2. The van der Waals surface area contributed by atoms with Gasteiger partial charge in [-0.2, -0.15) is 0 Å². The van der Waals surface area contributed by atoms with Crippen molar-refractivity contribution in [3.8, 4) is 0 Å². The molecule has 0 atom stereocenters. The molecular weight excluding hydrogens is 299 g/mol. The van der Waals surface area contributed by atoms with E-state index < -0.39 is 5.67 Å². The summed E-state index contributed by atoms with van der Waals surface area (Å²) in [6.45, 7) is 3.04. The van der Waals surface area contributed by atoms with Gasteiger partial charge in [-0.3, -0.25) is 4.98 Å². The van der Waals surface area contributed by atoms with Crippen LogP contribution in [-0.4, -0.2) is 10.7 Å². The van der Waals surface area contributed by atoms with Gasteiger partial charge in [-0.25, -0.2) is 9.38 Å². The molecule has 0 N–H and O–H groups in total. The third-order valence-electron chi connectivity index (χ3n) is 3.75. The summed E-state index contributed by atoms with van der Waals surface area (Å²) in [4.78, 5) is 8.91. The first-order valence-electron chi connectivity index (χ1n) is 7.88. The molecule has 0 amide bonds. The highest BCUT2D eigenvalue weighted by Gasteiger charge is 2.19. The highest BCUT2D eigenvalue weighted by molar-refractivity contribution is 6.13. The summed E-state index contributed by atoms with van der Waals surface area (Å²) in [5, 5.41) is 0. The fourth-order valence-corrected chi connectivity index (χ4v) is 2.43. The number of hydrogen-bond donors (Lipinski definition) is 0. The Morgan fingerprint density at radius 2 is 1.42 bits per heavy atom. The van der Waals surface area contributed by atoms with Crippen LogP contribution < -0.4 is 0 Å². The van der Waals surface area contributed by atoms with E-state index in [9.17, 15) is 4.39 Å². The van der Waals surface area contributed by atoms with Gasteiger partial charge >= 0.3 is 0 Å². The molecule has 0 fully saturated rings. The first-order chi connectivity index (χ1) is 11.5. The van der Waals surface area contributed by atoms with Crippen molar-refractivity contribution in [3.63, 3.8) is 0 Å². The number of nitrogens with zero attached hydrogens (tertiary/aromatic N) is 2. The first-order valence-corrected chi connectivity index (χ1v) is 7.88. The highest BCUT2D eigenvalue weighted by Crippen LogP contribution is 2.27. The fraction of sp³-hybridized carbons (Fsp3) is 0.143. The van der Waals surface area contributed by atoms with Crippen LogP contribution in [0.4, 0.5) is 10.1 Å². The van der Waals surface area contributed by atoms with Crippen molar-refractivity contribution in [1.82, 2.24) is 4.98 Å². The van der Waals surface area contributed by atoms with Crippen LogP contribution >= 0.6 is 0 Å². The number of halogens is 1. The predicted octanol–water partition coefficient (Wildman–Crippen LogP) is 5.46. The maximum Gasteiger partial charge on any atom is 0.132 e. The van der Waals surface area contributed by atoms with Gasteiger partial charge in [0.25, 0.3) is 0 Å². The molecular formula is C21H19FN2. The molecule has 0 unspecified atom stereocenters. The van der Waals surface area contributed by atoms with Gasteiger partial charge in [-0.15, -0.1) is 0 Å². The lowest BCUT2D eigenvalue weighted by Crippen LogP contribution is -2.09. The molecule has 2 aromatic carbocycles. The zero-order valence-corrected chi connectivity index (χ0v) is 13.8. The summed E-state index contributed by atoms with van der Waals surface area (Å²) in [6.07, 6.45) is 3.20. The molecule has 0 aliphatic rings. The second-order valence-corrected chi connectivity index (χ2v) is 6.10. The SMILES string of the molecule is CC(C)(F)c1cncc(N=C(c2ccccc2)c2ccccc2)c1. The minimum atomic E-state index is -1.45. The van der Waals surface area contributed by atoms with Crippen molar-refractivity contribution in [2.24, 2.45) is 4.99 Å². The third-order valence-corrected chi connectivity index (χ3v) is 3.75. The molecule has 1 heterocycles. The van der Waals surface area contributed by atoms with Crippen LogP contribution in [-0.2, 0) is 5.67 Å². The van der Waals surface area contributed by atoms with Gasteiger partial charge in [0.05, 0.1) is 17.6 Å². The molecule has 0 aliphatic heterocycles. The third kappa shape index (κ3) is 3.74. The second-order valence-electron chi connectivity index (χ2n) is 6.10. The Balaban J connectivity index is 2.11. The average Bonchev–Trinajstić information content (AvgIpc) is 2.61. The van der Waals surface area contributed by atoms with E-state index >= 15 is 0 Å². The monoisotopic (exact) mass is 318 g/mol. The van der Waals surface area contributed by atoms with E-state index in [1.807, 2.05) is 60.7 Å². The average molecular weight is 318 g/mol. The molecule has 3 rings (SSSR count). The van der Waals surface area contributed by atoms with E-state index in [1.54, 1.807) is 18.5 Å². The van der Waals surface area contributed by atoms with E-state index in [2.05, 4.69) is 4.98 Å². The van der Waals surface area contributed by atoms with Crippen LogP contribution in [0.1, 0.15) is 30.5 Å². The summed E-state index contributed by atoms with van der Waals surface area (Å²) in [5.41, 5.74) is 2.57. The van der Waals surface area contributed by atoms with Gasteiger partial charge in [0.15, 0.2) is 0 Å². The molecule has 0 bridgehead atoms. The number of alkyl halides is 1. The Hall–Kier alpha value is -2.81. The lowest BCUT2D eigenvalue weighted by molar-refractivity contribution is 0.221. The number of aliphatic imine (C=N–C) groups is 1. The molecule has 3 aromatic rings. The van der Waals surface area contributed by atoms with Gasteiger partial charge in [0.2, 0.25) is 0 Å². The van der Waals surface area contributed by atoms with E-state index in [0.717, 1.165) is 16.8 Å². The Morgan fingerprint density at radius 1 is 0.875 bits per heavy atom. The largest absolute Gasteiger partial charge is 0.262 e. The molecule has 3 heteroatoms. The molecule has 0 saturated heterocycles. The van der Waals surface area contributed by atoms with Crippen molar-refractivity contribution in [1.29, 1.82) is 0 Å². The smallest absolute Gasteiger partial charge is 0.132 e. The number of aromatic nitrogens is 1. The minimum Gasteiger partial charge on any atom is -0.262 e. The summed E-state index contributed by atoms with van der Waals surface area (Å²) >= 11 is 0. The predicted molar refractivity (Wildman–Crippen MR) is 96.6 cm³/mol. The molecule has 0 radical (unpaired) electrons. The van der Waals surface area contributed by atoms with Gasteiger partial charge in [0.1, 0.15) is 5.67 Å². The zero-order chi connectivity index (χ0) is 17.0. The lowest BCUT2D eigenvalue weighted by atomic mass is 10.0. The lowest BCUT2D eigenvalue weighted by Gasteiger charge is -2.14. The summed E-state index contributed by atoms with van der Waals surface area (Å²) < 4.78 is 14.2. The Bertz CT molecular complexity index is 793. The summed E-state index contributed by atoms with van der Waals surface area (Å²) in [7, 11) is 0. The van der Waals surface area contributed by atoms with Crippen molar-refractivity contribution in [3.05, 3.63) is 95.8 Å². The maximum atomic E-state index is 14.2. The van der Waals surface area contributed by atoms with Crippen LogP contribution in [0.5, 0.6) is 0 Å². The molecule has 2 nitrogen and oxygen atoms in total. The van der Waals surface area contributed by atoms with Crippen LogP contribution in [0.15, 0.2) is 84.1 Å². The van der Waals surface area contributed by atoms with Crippen LogP contribution in [0, 0.1) is 0 Å². The van der Waals surface area contributed by atoms with E-state index in [1.165, 1.54) is 13.8 Å².